The van der Waals surface area contributed by atoms with Gasteiger partial charge in [0.25, 0.3) is 0 Å². The number of hydrogen-bond donors (Lipinski definition) is 3. The molecule has 2 heterocycles. The molecule has 0 amide bonds. The minimum absolute atomic E-state index is 0. The Hall–Kier alpha value is -2.03. The van der Waals surface area contributed by atoms with Crippen molar-refractivity contribution in [1.29, 1.82) is 0 Å². The van der Waals surface area contributed by atoms with Gasteiger partial charge in [0, 0.05) is 35.6 Å². The second kappa shape index (κ2) is 9.45. The molecule has 3 rings (SSSR count). The number of aromatic nitrogens is 2. The van der Waals surface area contributed by atoms with Crippen LogP contribution in [-0.2, 0) is 18.4 Å². The molecule has 0 spiro atoms. The van der Waals surface area contributed by atoms with Crippen LogP contribution in [0.2, 0.25) is 0 Å². The fourth-order valence-electron chi connectivity index (χ4n) is 3.08. The van der Waals surface area contributed by atoms with Crippen molar-refractivity contribution in [2.45, 2.75) is 46.1 Å². The van der Waals surface area contributed by atoms with Gasteiger partial charge in [-0.1, -0.05) is 39.0 Å². The lowest BCUT2D eigenvalue weighted by Gasteiger charge is -2.13. The molecule has 0 atom stereocenters. The summed E-state index contributed by atoms with van der Waals surface area (Å²) in [4.78, 5) is 12.1. The zero-order chi connectivity index (χ0) is 19.4. The number of fused-ring (bicyclic) bond motifs is 1. The maximum absolute atomic E-state index is 5.81. The van der Waals surface area contributed by atoms with Gasteiger partial charge in [0.15, 0.2) is 5.96 Å². The molecule has 0 saturated carbocycles. The van der Waals surface area contributed by atoms with Gasteiger partial charge >= 0.3 is 0 Å². The van der Waals surface area contributed by atoms with E-state index in [2.05, 4.69) is 77.6 Å². The Morgan fingerprint density at radius 2 is 1.96 bits per heavy atom. The number of guanidine groups is 1. The number of aromatic amines is 1. The van der Waals surface area contributed by atoms with Gasteiger partial charge in [-0.2, -0.15) is 0 Å². The van der Waals surface area contributed by atoms with E-state index in [-0.39, 0.29) is 29.4 Å². The van der Waals surface area contributed by atoms with Crippen LogP contribution in [0.3, 0.4) is 0 Å². The Bertz CT molecular complexity index is 936. The third-order valence-corrected chi connectivity index (χ3v) is 4.62. The summed E-state index contributed by atoms with van der Waals surface area (Å²) in [6.07, 6.45) is 2.72. The van der Waals surface area contributed by atoms with E-state index in [1.54, 1.807) is 13.2 Å². The molecule has 0 aliphatic rings. The topological polar surface area (TPSA) is 78.2 Å². The standard InChI is InChI=1S/C21H29N5O.HI/c1-14-15(16-8-6-7-9-17(16)26-14)10-11-23-20(22-5)25-13-19-24-12-18(27-19)21(2,3)4;/h6-9,12,26H,10-11,13H2,1-5H3,(H2,22,23,25);1H. The third kappa shape index (κ3) is 5.27. The molecule has 0 fully saturated rings. The summed E-state index contributed by atoms with van der Waals surface area (Å²) in [6, 6.07) is 8.41. The first kappa shape index (κ1) is 22.3. The SMILES string of the molecule is CN=C(NCCc1c(C)[nH]c2ccccc12)NCc1ncc(C(C)(C)C)o1.I. The molecule has 7 heteroatoms. The van der Waals surface area contributed by atoms with Gasteiger partial charge in [0.2, 0.25) is 5.89 Å². The lowest BCUT2D eigenvalue weighted by molar-refractivity contribution is 0.379. The van der Waals surface area contributed by atoms with Crippen LogP contribution in [0.1, 0.15) is 43.7 Å². The van der Waals surface area contributed by atoms with Gasteiger partial charge in [-0.15, -0.1) is 24.0 Å². The van der Waals surface area contributed by atoms with Crippen LogP contribution in [0, 0.1) is 6.92 Å². The van der Waals surface area contributed by atoms with E-state index in [0.717, 1.165) is 24.7 Å². The van der Waals surface area contributed by atoms with Crippen molar-refractivity contribution in [2.24, 2.45) is 4.99 Å². The fraction of sp³-hybridized carbons (Fsp3) is 0.429. The number of nitrogens with zero attached hydrogens (tertiary/aromatic N) is 2. The summed E-state index contributed by atoms with van der Waals surface area (Å²) >= 11 is 0. The molecule has 3 N–H and O–H groups in total. The van der Waals surface area contributed by atoms with E-state index in [0.29, 0.717) is 12.4 Å². The lowest BCUT2D eigenvalue weighted by Crippen LogP contribution is -2.38. The van der Waals surface area contributed by atoms with Crippen LogP contribution in [0.15, 0.2) is 39.9 Å². The summed E-state index contributed by atoms with van der Waals surface area (Å²) in [6.45, 7) is 9.74. The summed E-state index contributed by atoms with van der Waals surface area (Å²) in [5.41, 5.74) is 3.71. The smallest absolute Gasteiger partial charge is 0.213 e. The van der Waals surface area contributed by atoms with E-state index in [9.17, 15) is 0 Å². The van der Waals surface area contributed by atoms with E-state index >= 15 is 0 Å². The van der Waals surface area contributed by atoms with Crippen LogP contribution in [0.5, 0.6) is 0 Å². The number of aliphatic imine (C=N–C) groups is 1. The maximum atomic E-state index is 5.81. The first-order chi connectivity index (χ1) is 12.9. The highest BCUT2D eigenvalue weighted by Gasteiger charge is 2.19. The van der Waals surface area contributed by atoms with E-state index in [1.165, 1.54) is 22.2 Å². The van der Waals surface area contributed by atoms with Crippen molar-refractivity contribution in [2.75, 3.05) is 13.6 Å². The molecule has 2 aromatic heterocycles. The number of benzene rings is 1. The first-order valence-electron chi connectivity index (χ1n) is 9.34. The molecule has 6 nitrogen and oxygen atoms in total. The first-order valence-corrected chi connectivity index (χ1v) is 9.34. The molecule has 152 valence electrons. The van der Waals surface area contributed by atoms with Crippen molar-refractivity contribution >= 4 is 40.8 Å². The normalized spacial score (nSPS) is 12.1. The Morgan fingerprint density at radius 3 is 2.64 bits per heavy atom. The van der Waals surface area contributed by atoms with Gasteiger partial charge in [-0.05, 0) is 25.0 Å². The second-order valence-corrected chi connectivity index (χ2v) is 7.74. The number of rotatable bonds is 5. The van der Waals surface area contributed by atoms with Crippen LogP contribution < -0.4 is 10.6 Å². The summed E-state index contributed by atoms with van der Waals surface area (Å²) in [5.74, 6) is 2.29. The molecule has 0 bridgehead atoms. The second-order valence-electron chi connectivity index (χ2n) is 7.74. The quantitative estimate of drug-likeness (QED) is 0.281. The predicted molar refractivity (Wildman–Crippen MR) is 126 cm³/mol. The van der Waals surface area contributed by atoms with Gasteiger partial charge in [0.05, 0.1) is 12.7 Å². The molecule has 0 radical (unpaired) electrons. The Kier molecular flexibility index (Phi) is 7.51. The van der Waals surface area contributed by atoms with Crippen LogP contribution in [-0.4, -0.2) is 29.5 Å². The van der Waals surface area contributed by atoms with Crippen LogP contribution in [0.4, 0.5) is 0 Å². The molecular weight excluding hydrogens is 465 g/mol. The Labute approximate surface area is 183 Å². The highest BCUT2D eigenvalue weighted by molar-refractivity contribution is 14.0. The minimum atomic E-state index is -0.0393. The Balaban J connectivity index is 0.00000280. The van der Waals surface area contributed by atoms with E-state index in [4.69, 9.17) is 4.42 Å². The molecule has 1 aromatic carbocycles. The molecule has 0 aliphatic heterocycles. The van der Waals surface area contributed by atoms with Gasteiger partial charge in [-0.3, -0.25) is 4.99 Å². The fourth-order valence-corrected chi connectivity index (χ4v) is 3.08. The number of oxazole rings is 1. The van der Waals surface area contributed by atoms with Crippen molar-refractivity contribution in [1.82, 2.24) is 20.6 Å². The van der Waals surface area contributed by atoms with Crippen molar-refractivity contribution in [3.05, 3.63) is 53.4 Å². The molecular formula is C21H30IN5O. The third-order valence-electron chi connectivity index (χ3n) is 4.62. The van der Waals surface area contributed by atoms with E-state index < -0.39 is 0 Å². The zero-order valence-corrected chi connectivity index (χ0v) is 19.5. The predicted octanol–water partition coefficient (Wildman–Crippen LogP) is 4.29. The number of hydrogen-bond acceptors (Lipinski definition) is 3. The monoisotopic (exact) mass is 495 g/mol. The largest absolute Gasteiger partial charge is 0.443 e. The zero-order valence-electron chi connectivity index (χ0n) is 17.2. The summed E-state index contributed by atoms with van der Waals surface area (Å²) in [7, 11) is 1.77. The number of H-pyrrole nitrogens is 1. The highest BCUT2D eigenvalue weighted by Crippen LogP contribution is 2.23. The molecule has 3 aromatic rings. The summed E-state index contributed by atoms with van der Waals surface area (Å²) in [5, 5.41) is 7.91. The molecule has 0 aliphatic carbocycles. The molecule has 0 saturated heterocycles. The molecule has 0 unspecified atom stereocenters. The number of aryl methyl sites for hydroxylation is 1. The molecule has 28 heavy (non-hydrogen) atoms. The average Bonchev–Trinajstić information content (AvgIpc) is 3.22. The van der Waals surface area contributed by atoms with Crippen molar-refractivity contribution in [3.63, 3.8) is 0 Å². The maximum Gasteiger partial charge on any atom is 0.213 e. The van der Waals surface area contributed by atoms with Gasteiger partial charge in [-0.25, -0.2) is 4.98 Å². The number of para-hydroxylation sites is 1. The number of halogens is 1. The van der Waals surface area contributed by atoms with Crippen LogP contribution >= 0.6 is 24.0 Å². The van der Waals surface area contributed by atoms with E-state index in [1.807, 2.05) is 0 Å². The highest BCUT2D eigenvalue weighted by atomic mass is 127. The van der Waals surface area contributed by atoms with Crippen molar-refractivity contribution in [3.8, 4) is 0 Å². The van der Waals surface area contributed by atoms with Crippen molar-refractivity contribution < 1.29 is 4.42 Å². The van der Waals surface area contributed by atoms with Gasteiger partial charge < -0.3 is 20.0 Å². The lowest BCUT2D eigenvalue weighted by atomic mass is 9.94. The average molecular weight is 495 g/mol. The number of nitrogens with one attached hydrogen (secondary N) is 3. The van der Waals surface area contributed by atoms with Crippen LogP contribution in [0.25, 0.3) is 10.9 Å². The summed E-state index contributed by atoms with van der Waals surface area (Å²) < 4.78 is 5.81. The minimum Gasteiger partial charge on any atom is -0.443 e. The Morgan fingerprint density at radius 1 is 1.21 bits per heavy atom. The van der Waals surface area contributed by atoms with Gasteiger partial charge in [0.1, 0.15) is 5.76 Å².